The molecule has 38 heavy (non-hydrogen) atoms. The number of ether oxygens (including phenoxy) is 2. The number of benzene rings is 1. The van der Waals surface area contributed by atoms with Gasteiger partial charge in [-0.15, -0.1) is 0 Å². The summed E-state index contributed by atoms with van der Waals surface area (Å²) in [5.74, 6) is 0.559. The van der Waals surface area contributed by atoms with E-state index in [0.29, 0.717) is 36.7 Å². The first kappa shape index (κ1) is 27.6. The van der Waals surface area contributed by atoms with Crippen molar-refractivity contribution in [2.75, 3.05) is 39.1 Å². The number of methoxy groups -OCH3 is 1. The highest BCUT2D eigenvalue weighted by atomic mass is 16.5. The minimum atomic E-state index is -0.218. The highest BCUT2D eigenvalue weighted by molar-refractivity contribution is 5.81. The van der Waals surface area contributed by atoms with Crippen molar-refractivity contribution in [2.24, 2.45) is 0 Å². The van der Waals surface area contributed by atoms with Gasteiger partial charge >= 0.3 is 17.7 Å². The summed E-state index contributed by atoms with van der Waals surface area (Å²) < 4.78 is 12.1. The van der Waals surface area contributed by atoms with E-state index >= 15 is 0 Å². The number of imidazole rings is 1. The average molecular weight is 525 g/mol. The molecule has 10 nitrogen and oxygen atoms in total. The van der Waals surface area contributed by atoms with Crippen molar-refractivity contribution >= 4 is 23.0 Å². The first-order valence-corrected chi connectivity index (χ1v) is 13.7. The van der Waals surface area contributed by atoms with Crippen molar-refractivity contribution in [3.05, 3.63) is 45.9 Å². The second kappa shape index (κ2) is 13.4. The number of fused-ring (bicyclic) bond motifs is 1. The average Bonchev–Trinajstić information content (AvgIpc) is 3.24. The van der Waals surface area contributed by atoms with Gasteiger partial charge < -0.3 is 25.1 Å². The van der Waals surface area contributed by atoms with Gasteiger partial charge in [-0.2, -0.15) is 9.97 Å². The Balaban J connectivity index is 1.22. The maximum Gasteiger partial charge on any atom is 0.327 e. The molecule has 1 aliphatic rings. The van der Waals surface area contributed by atoms with Crippen LogP contribution in [0.5, 0.6) is 6.01 Å². The van der Waals surface area contributed by atoms with Gasteiger partial charge in [-0.1, -0.05) is 44.0 Å². The molecule has 1 aromatic carbocycles. The molecule has 206 valence electrons. The van der Waals surface area contributed by atoms with Crippen molar-refractivity contribution < 1.29 is 14.3 Å². The Hall–Kier alpha value is -3.40. The van der Waals surface area contributed by atoms with Crippen molar-refractivity contribution in [1.29, 1.82) is 0 Å². The Bertz CT molecular complexity index is 1260. The second-order valence-corrected chi connectivity index (χ2v) is 10.0. The van der Waals surface area contributed by atoms with Crippen molar-refractivity contribution in [2.45, 2.75) is 70.8 Å². The van der Waals surface area contributed by atoms with Crippen LogP contribution >= 0.6 is 0 Å². The van der Waals surface area contributed by atoms with Gasteiger partial charge in [0.15, 0.2) is 11.5 Å². The Labute approximate surface area is 223 Å². The highest BCUT2D eigenvalue weighted by Crippen LogP contribution is 2.29. The van der Waals surface area contributed by atoms with Gasteiger partial charge in [0.05, 0.1) is 20.1 Å². The first-order chi connectivity index (χ1) is 18.5. The van der Waals surface area contributed by atoms with E-state index in [1.165, 1.54) is 12.7 Å². The fourth-order valence-electron chi connectivity index (χ4n) is 5.08. The number of nitrogen functional groups attached to an aromatic ring is 1. The van der Waals surface area contributed by atoms with Crippen LogP contribution in [0, 0.1) is 0 Å². The Morgan fingerprint density at radius 3 is 2.68 bits per heavy atom. The largest absolute Gasteiger partial charge is 0.469 e. The van der Waals surface area contributed by atoms with Gasteiger partial charge in [-0.25, -0.2) is 4.79 Å². The van der Waals surface area contributed by atoms with E-state index in [0.717, 1.165) is 70.1 Å². The lowest BCUT2D eigenvalue weighted by atomic mass is 9.88. The van der Waals surface area contributed by atoms with E-state index in [-0.39, 0.29) is 23.5 Å². The van der Waals surface area contributed by atoms with Gasteiger partial charge in [-0.3, -0.25) is 9.36 Å². The number of rotatable bonds is 13. The predicted molar refractivity (Wildman–Crippen MR) is 147 cm³/mol. The summed E-state index contributed by atoms with van der Waals surface area (Å²) in [6.07, 6.45) is 7.47. The number of likely N-dealkylation sites (tertiary alicyclic amines) is 1. The molecule has 3 heterocycles. The summed E-state index contributed by atoms with van der Waals surface area (Å²) in [5.41, 5.74) is 9.13. The molecule has 1 aliphatic heterocycles. The monoisotopic (exact) mass is 524 g/mol. The lowest BCUT2D eigenvalue weighted by Crippen LogP contribution is -2.33. The highest BCUT2D eigenvalue weighted by Gasteiger charge is 2.21. The lowest BCUT2D eigenvalue weighted by Gasteiger charge is -2.32. The molecular formula is C28H40N6O4. The van der Waals surface area contributed by atoms with Crippen LogP contribution in [0.25, 0.3) is 11.2 Å². The first-order valence-electron chi connectivity index (χ1n) is 13.7. The van der Waals surface area contributed by atoms with Crippen LogP contribution in [-0.4, -0.2) is 63.7 Å². The van der Waals surface area contributed by atoms with Gasteiger partial charge in [0.1, 0.15) is 5.52 Å². The lowest BCUT2D eigenvalue weighted by molar-refractivity contribution is -0.139. The molecule has 3 N–H and O–H groups in total. The number of nitrogens with two attached hydrogens (primary N) is 1. The summed E-state index contributed by atoms with van der Waals surface area (Å²) >= 11 is 0. The zero-order chi connectivity index (χ0) is 26.9. The zero-order valence-electron chi connectivity index (χ0n) is 22.6. The fourth-order valence-corrected chi connectivity index (χ4v) is 5.08. The SMILES string of the molecule is CCCCOc1nc(N)c2[nH]c(=O)n(CCCCCN3CCC(c4cccc(CC(=O)OC)c4)CC3)c2n1. The fraction of sp³-hybridized carbons (Fsp3) is 0.571. The number of aromatic nitrogens is 4. The summed E-state index contributed by atoms with van der Waals surface area (Å²) in [7, 11) is 1.43. The molecule has 0 saturated carbocycles. The number of esters is 1. The minimum absolute atomic E-state index is 0.204. The number of H-pyrrole nitrogens is 1. The summed E-state index contributed by atoms with van der Waals surface area (Å²) in [6, 6.07) is 8.58. The molecule has 0 aliphatic carbocycles. The van der Waals surface area contributed by atoms with Crippen molar-refractivity contribution in [3.8, 4) is 6.01 Å². The van der Waals surface area contributed by atoms with Crippen LogP contribution in [0.15, 0.2) is 29.1 Å². The topological polar surface area (TPSA) is 128 Å². The number of unbranched alkanes of at least 4 members (excludes halogenated alkanes) is 3. The number of aromatic amines is 1. The molecule has 0 amide bonds. The van der Waals surface area contributed by atoms with Crippen molar-refractivity contribution in [1.82, 2.24) is 24.4 Å². The van der Waals surface area contributed by atoms with Crippen LogP contribution in [-0.2, 0) is 22.5 Å². The third kappa shape index (κ3) is 7.12. The Morgan fingerprint density at radius 1 is 1.13 bits per heavy atom. The van der Waals surface area contributed by atoms with E-state index in [1.807, 2.05) is 12.1 Å². The molecule has 0 spiro atoms. The summed E-state index contributed by atoms with van der Waals surface area (Å²) in [4.78, 5) is 38.1. The van der Waals surface area contributed by atoms with E-state index in [4.69, 9.17) is 15.2 Å². The third-order valence-corrected chi connectivity index (χ3v) is 7.30. The molecule has 0 unspecified atom stereocenters. The van der Waals surface area contributed by atoms with Crippen LogP contribution in [0.3, 0.4) is 0 Å². The number of carbonyl (C=O) groups is 1. The van der Waals surface area contributed by atoms with E-state index in [9.17, 15) is 9.59 Å². The minimum Gasteiger partial charge on any atom is -0.469 e. The van der Waals surface area contributed by atoms with Crippen LogP contribution < -0.4 is 16.2 Å². The molecule has 3 aromatic rings. The second-order valence-electron chi connectivity index (χ2n) is 10.0. The third-order valence-electron chi connectivity index (χ3n) is 7.30. The molecule has 0 atom stereocenters. The summed E-state index contributed by atoms with van der Waals surface area (Å²) in [5, 5.41) is 0. The number of hydrogen-bond acceptors (Lipinski definition) is 8. The number of aryl methyl sites for hydroxylation is 1. The zero-order valence-corrected chi connectivity index (χ0v) is 22.6. The maximum absolute atomic E-state index is 12.5. The number of anilines is 1. The van der Waals surface area contributed by atoms with Gasteiger partial charge in [0.2, 0.25) is 0 Å². The van der Waals surface area contributed by atoms with Gasteiger partial charge in [-0.05, 0) is 68.8 Å². The van der Waals surface area contributed by atoms with E-state index < -0.39 is 0 Å². The number of piperidine rings is 1. The molecule has 1 fully saturated rings. The van der Waals surface area contributed by atoms with Crippen molar-refractivity contribution in [3.63, 3.8) is 0 Å². The number of hydrogen-bond donors (Lipinski definition) is 2. The molecule has 0 bridgehead atoms. The standard InChI is InChI=1S/C28H40N6O4/c1-3-4-17-38-27-31-25(29)24-26(32-27)34(28(36)30-24)14-7-5-6-13-33-15-11-21(12-16-33)22-10-8-9-20(18-22)19-23(35)37-2/h8-10,18,21H,3-7,11-17,19H2,1-2H3,(H,30,36)(H2,29,31,32). The molecule has 0 radical (unpaired) electrons. The van der Waals surface area contributed by atoms with Crippen LogP contribution in [0.1, 0.15) is 68.9 Å². The van der Waals surface area contributed by atoms with E-state index in [2.05, 4.69) is 38.9 Å². The summed E-state index contributed by atoms with van der Waals surface area (Å²) in [6.45, 7) is 6.39. The number of nitrogens with zero attached hydrogens (tertiary/aromatic N) is 4. The number of carbonyl (C=O) groups excluding carboxylic acids is 1. The maximum atomic E-state index is 12.5. The van der Waals surface area contributed by atoms with Crippen LogP contribution in [0.4, 0.5) is 5.82 Å². The molecule has 1 saturated heterocycles. The quantitative estimate of drug-likeness (QED) is 0.256. The number of nitrogens with one attached hydrogen (secondary N) is 1. The molecule has 4 rings (SSSR count). The van der Waals surface area contributed by atoms with Gasteiger partial charge in [0.25, 0.3) is 0 Å². The Kier molecular flexibility index (Phi) is 9.75. The van der Waals surface area contributed by atoms with Gasteiger partial charge in [0, 0.05) is 6.54 Å². The Morgan fingerprint density at radius 2 is 1.92 bits per heavy atom. The molecular weight excluding hydrogens is 484 g/mol. The normalized spacial score (nSPS) is 14.7. The predicted octanol–water partition coefficient (Wildman–Crippen LogP) is 3.65. The molecule has 2 aromatic heterocycles. The van der Waals surface area contributed by atoms with Crippen LogP contribution in [0.2, 0.25) is 0 Å². The smallest absolute Gasteiger partial charge is 0.327 e. The molecule has 10 heteroatoms. The van der Waals surface area contributed by atoms with E-state index in [1.54, 1.807) is 4.57 Å².